The van der Waals surface area contributed by atoms with Gasteiger partial charge in [0.05, 0.1) is 6.54 Å². The number of likely N-dealkylation sites (tertiary alicyclic amines) is 1. The molecule has 2 atom stereocenters. The van der Waals surface area contributed by atoms with Crippen LogP contribution in [-0.4, -0.2) is 45.5 Å². The number of benzene rings is 1. The summed E-state index contributed by atoms with van der Waals surface area (Å²) in [6.45, 7) is -0.0382. The van der Waals surface area contributed by atoms with Gasteiger partial charge in [0.15, 0.2) is 0 Å². The summed E-state index contributed by atoms with van der Waals surface area (Å²) in [4.78, 5) is 11.8. The van der Waals surface area contributed by atoms with E-state index in [1.807, 2.05) is 0 Å². The van der Waals surface area contributed by atoms with E-state index in [-0.39, 0.29) is 19.5 Å². The second-order valence-electron chi connectivity index (χ2n) is 4.43. The van der Waals surface area contributed by atoms with E-state index in [0.717, 1.165) is 4.90 Å². The number of β-amino-alcohol motifs (C(OH)–C–C–N with tert-alkyl or cyclic N) is 1. The number of hydrogen-bond acceptors (Lipinski definition) is 3. The third-order valence-corrected chi connectivity index (χ3v) is 3.32. The lowest BCUT2D eigenvalue weighted by Gasteiger charge is -2.41. The lowest BCUT2D eigenvalue weighted by atomic mass is 9.82. The minimum atomic E-state index is -1.53. The molecule has 1 aliphatic rings. The standard InChI is InChI=1S/C12H14FNO4/c13-9-3-1-8(2-4-9)12(18)5-6-14(11(16)17)7-10(12)15/h1-4,10,15,18H,5-7H2,(H,16,17)/t10-,12-/m1/s1. The molecular weight excluding hydrogens is 241 g/mol. The first kappa shape index (κ1) is 12.8. The molecule has 0 saturated carbocycles. The quantitative estimate of drug-likeness (QED) is 0.692. The van der Waals surface area contributed by atoms with E-state index < -0.39 is 23.6 Å². The average molecular weight is 255 g/mol. The van der Waals surface area contributed by atoms with Crippen LogP contribution in [0, 0.1) is 5.82 Å². The summed E-state index contributed by atoms with van der Waals surface area (Å²) in [5.41, 5.74) is -1.14. The highest BCUT2D eigenvalue weighted by Crippen LogP contribution is 2.33. The van der Waals surface area contributed by atoms with Crippen LogP contribution in [0.5, 0.6) is 0 Å². The molecule has 1 fully saturated rings. The highest BCUT2D eigenvalue weighted by Gasteiger charge is 2.43. The zero-order valence-corrected chi connectivity index (χ0v) is 9.58. The van der Waals surface area contributed by atoms with Gasteiger partial charge in [-0.3, -0.25) is 0 Å². The molecule has 0 spiro atoms. The summed E-state index contributed by atoms with van der Waals surface area (Å²) >= 11 is 0. The second-order valence-corrected chi connectivity index (χ2v) is 4.43. The SMILES string of the molecule is O=C(O)N1CC[C@@](O)(c2ccc(F)cc2)[C@H](O)C1. The Hall–Kier alpha value is -1.66. The molecule has 0 radical (unpaired) electrons. The van der Waals surface area contributed by atoms with Gasteiger partial charge in [0.1, 0.15) is 17.5 Å². The van der Waals surface area contributed by atoms with Crippen molar-refractivity contribution < 1.29 is 24.5 Å². The molecule has 1 heterocycles. The van der Waals surface area contributed by atoms with Crippen LogP contribution in [0.4, 0.5) is 9.18 Å². The molecule has 0 unspecified atom stereocenters. The zero-order chi connectivity index (χ0) is 13.3. The van der Waals surface area contributed by atoms with Crippen LogP contribution in [0.1, 0.15) is 12.0 Å². The zero-order valence-electron chi connectivity index (χ0n) is 9.58. The Labute approximate surface area is 103 Å². The van der Waals surface area contributed by atoms with Crippen molar-refractivity contribution in [1.29, 1.82) is 0 Å². The molecule has 1 amide bonds. The first-order valence-corrected chi connectivity index (χ1v) is 5.58. The Morgan fingerprint density at radius 3 is 2.50 bits per heavy atom. The molecule has 98 valence electrons. The van der Waals surface area contributed by atoms with Gasteiger partial charge in [-0.15, -0.1) is 0 Å². The number of halogens is 1. The number of piperidine rings is 1. The van der Waals surface area contributed by atoms with Crippen LogP contribution in [0.2, 0.25) is 0 Å². The fourth-order valence-corrected chi connectivity index (χ4v) is 2.17. The van der Waals surface area contributed by atoms with Gasteiger partial charge < -0.3 is 20.2 Å². The van der Waals surface area contributed by atoms with Gasteiger partial charge in [-0.05, 0) is 17.7 Å². The van der Waals surface area contributed by atoms with Crippen molar-refractivity contribution in [2.24, 2.45) is 0 Å². The summed E-state index contributed by atoms with van der Waals surface area (Å²) in [7, 11) is 0. The topological polar surface area (TPSA) is 81.0 Å². The molecule has 18 heavy (non-hydrogen) atoms. The maximum absolute atomic E-state index is 12.8. The van der Waals surface area contributed by atoms with Crippen molar-refractivity contribution in [1.82, 2.24) is 4.90 Å². The van der Waals surface area contributed by atoms with Crippen LogP contribution in [0.15, 0.2) is 24.3 Å². The maximum Gasteiger partial charge on any atom is 0.407 e. The maximum atomic E-state index is 12.8. The van der Waals surface area contributed by atoms with E-state index in [9.17, 15) is 19.4 Å². The van der Waals surface area contributed by atoms with E-state index in [2.05, 4.69) is 0 Å². The summed E-state index contributed by atoms with van der Waals surface area (Å²) in [6.07, 6.45) is -2.28. The Balaban J connectivity index is 2.22. The number of carboxylic acid groups (broad SMARTS) is 1. The number of nitrogens with zero attached hydrogens (tertiary/aromatic N) is 1. The monoisotopic (exact) mass is 255 g/mol. The van der Waals surface area contributed by atoms with Crippen LogP contribution in [0.25, 0.3) is 0 Å². The first-order chi connectivity index (χ1) is 8.43. The molecule has 5 nitrogen and oxygen atoms in total. The molecular formula is C12H14FNO4. The van der Waals surface area contributed by atoms with Crippen molar-refractivity contribution in [3.63, 3.8) is 0 Å². The number of hydrogen-bond donors (Lipinski definition) is 3. The average Bonchev–Trinajstić information content (AvgIpc) is 2.33. The molecule has 1 aromatic rings. The first-order valence-electron chi connectivity index (χ1n) is 5.58. The van der Waals surface area contributed by atoms with E-state index in [1.165, 1.54) is 24.3 Å². The van der Waals surface area contributed by atoms with Gasteiger partial charge in [0.25, 0.3) is 0 Å². The number of aliphatic hydroxyl groups is 2. The van der Waals surface area contributed by atoms with E-state index in [0.29, 0.717) is 5.56 Å². The smallest absolute Gasteiger partial charge is 0.407 e. The van der Waals surface area contributed by atoms with Gasteiger partial charge in [0.2, 0.25) is 0 Å². The Morgan fingerprint density at radius 2 is 2.00 bits per heavy atom. The van der Waals surface area contributed by atoms with Gasteiger partial charge >= 0.3 is 6.09 Å². The normalized spacial score (nSPS) is 28.2. The van der Waals surface area contributed by atoms with Crippen LogP contribution < -0.4 is 0 Å². The van der Waals surface area contributed by atoms with Crippen LogP contribution in [0.3, 0.4) is 0 Å². The van der Waals surface area contributed by atoms with Crippen LogP contribution >= 0.6 is 0 Å². The van der Waals surface area contributed by atoms with Crippen molar-refractivity contribution in [2.45, 2.75) is 18.1 Å². The minimum Gasteiger partial charge on any atom is -0.465 e. The van der Waals surface area contributed by atoms with E-state index in [1.54, 1.807) is 0 Å². The lowest BCUT2D eigenvalue weighted by Crippen LogP contribution is -2.54. The summed E-state index contributed by atoms with van der Waals surface area (Å²) < 4.78 is 12.8. The predicted molar refractivity (Wildman–Crippen MR) is 60.5 cm³/mol. The fraction of sp³-hybridized carbons (Fsp3) is 0.417. The third kappa shape index (κ3) is 2.16. The number of rotatable bonds is 1. The van der Waals surface area contributed by atoms with E-state index >= 15 is 0 Å². The lowest BCUT2D eigenvalue weighted by molar-refractivity contribution is -0.119. The molecule has 1 saturated heterocycles. The van der Waals surface area contributed by atoms with Gasteiger partial charge in [-0.2, -0.15) is 0 Å². The molecule has 6 heteroatoms. The van der Waals surface area contributed by atoms with Gasteiger partial charge in [0, 0.05) is 13.0 Å². The highest BCUT2D eigenvalue weighted by molar-refractivity contribution is 5.65. The van der Waals surface area contributed by atoms with Crippen molar-refractivity contribution in [2.75, 3.05) is 13.1 Å². The Morgan fingerprint density at radius 1 is 1.39 bits per heavy atom. The predicted octanol–water partition coefficient (Wildman–Crippen LogP) is 0.758. The molecule has 3 N–H and O–H groups in total. The summed E-state index contributed by atoms with van der Waals surface area (Å²) in [5, 5.41) is 29.1. The Bertz CT molecular complexity index is 450. The second kappa shape index (κ2) is 4.55. The molecule has 0 aromatic heterocycles. The number of amides is 1. The van der Waals surface area contributed by atoms with Gasteiger partial charge in [-0.25, -0.2) is 9.18 Å². The van der Waals surface area contributed by atoms with Gasteiger partial charge in [-0.1, -0.05) is 12.1 Å². The fourth-order valence-electron chi connectivity index (χ4n) is 2.17. The molecule has 1 aromatic carbocycles. The largest absolute Gasteiger partial charge is 0.465 e. The van der Waals surface area contributed by atoms with Crippen molar-refractivity contribution in [3.05, 3.63) is 35.6 Å². The number of aliphatic hydroxyl groups excluding tert-OH is 1. The molecule has 0 aliphatic carbocycles. The Kier molecular flexibility index (Phi) is 3.23. The van der Waals surface area contributed by atoms with Crippen LogP contribution in [-0.2, 0) is 5.60 Å². The summed E-state index contributed by atoms with van der Waals surface area (Å²) in [6, 6.07) is 5.19. The summed E-state index contributed by atoms with van der Waals surface area (Å²) in [5.74, 6) is -0.431. The van der Waals surface area contributed by atoms with Crippen molar-refractivity contribution >= 4 is 6.09 Å². The molecule has 0 bridgehead atoms. The van der Waals surface area contributed by atoms with Crippen molar-refractivity contribution in [3.8, 4) is 0 Å². The van der Waals surface area contributed by atoms with E-state index in [4.69, 9.17) is 5.11 Å². The molecule has 1 aliphatic heterocycles. The molecule has 2 rings (SSSR count). The minimum absolute atomic E-state index is 0.0755. The highest BCUT2D eigenvalue weighted by atomic mass is 19.1. The third-order valence-electron chi connectivity index (χ3n) is 3.32. The number of carbonyl (C=O) groups is 1.